The summed E-state index contributed by atoms with van der Waals surface area (Å²) in [6.07, 6.45) is 0. The third-order valence-corrected chi connectivity index (χ3v) is 6.13. The lowest BCUT2D eigenvalue weighted by atomic mass is 9.78. The van der Waals surface area contributed by atoms with Gasteiger partial charge in [-0.3, -0.25) is 0 Å². The average molecular weight is 405 g/mol. The first-order valence-corrected chi connectivity index (χ1v) is 11.1. The van der Waals surface area contributed by atoms with Crippen molar-refractivity contribution < 1.29 is 0 Å². The van der Waals surface area contributed by atoms with E-state index in [4.69, 9.17) is 0 Å². The topological polar surface area (TPSA) is 0 Å². The monoisotopic (exact) mass is 404 g/mol. The smallest absolute Gasteiger partial charge is 0.0117 e. The SMILES string of the molecule is Cc1cc(-c2cc(C)c(-c3ccccc3)c(C(C)(C)C)c2)cc(C)c1-c1ccccc1. The molecule has 0 nitrogen and oxygen atoms in total. The quantitative estimate of drug-likeness (QED) is 0.320. The number of aryl methyl sites for hydroxylation is 3. The highest BCUT2D eigenvalue weighted by atomic mass is 14.3. The van der Waals surface area contributed by atoms with Crippen LogP contribution in [0, 0.1) is 20.8 Å². The summed E-state index contributed by atoms with van der Waals surface area (Å²) in [6, 6.07) is 31.0. The van der Waals surface area contributed by atoms with Gasteiger partial charge in [0.2, 0.25) is 0 Å². The summed E-state index contributed by atoms with van der Waals surface area (Å²) in [4.78, 5) is 0. The van der Waals surface area contributed by atoms with Crippen LogP contribution >= 0.6 is 0 Å². The molecule has 31 heavy (non-hydrogen) atoms. The van der Waals surface area contributed by atoms with Crippen molar-refractivity contribution in [2.75, 3.05) is 0 Å². The van der Waals surface area contributed by atoms with E-state index in [-0.39, 0.29) is 5.41 Å². The zero-order valence-electron chi connectivity index (χ0n) is 19.6. The van der Waals surface area contributed by atoms with Crippen LogP contribution in [0.2, 0.25) is 0 Å². The summed E-state index contributed by atoms with van der Waals surface area (Å²) in [5.74, 6) is 0. The second kappa shape index (κ2) is 8.19. The summed E-state index contributed by atoms with van der Waals surface area (Å²) >= 11 is 0. The molecule has 4 aromatic carbocycles. The molecule has 4 aromatic rings. The third kappa shape index (κ3) is 4.21. The molecule has 0 spiro atoms. The Kier molecular flexibility index (Phi) is 5.58. The van der Waals surface area contributed by atoms with Crippen LogP contribution in [-0.4, -0.2) is 0 Å². The molecule has 0 aromatic heterocycles. The Hall–Kier alpha value is -3.12. The zero-order chi connectivity index (χ0) is 22.2. The van der Waals surface area contributed by atoms with Crippen molar-refractivity contribution in [3.8, 4) is 33.4 Å². The fourth-order valence-corrected chi connectivity index (χ4v) is 4.72. The number of benzene rings is 4. The van der Waals surface area contributed by atoms with Crippen LogP contribution in [-0.2, 0) is 5.41 Å². The summed E-state index contributed by atoms with van der Waals surface area (Å²) in [7, 11) is 0. The fraction of sp³-hybridized carbons (Fsp3) is 0.226. The minimum Gasteiger partial charge on any atom is -0.0622 e. The van der Waals surface area contributed by atoms with Crippen LogP contribution in [0.3, 0.4) is 0 Å². The summed E-state index contributed by atoms with van der Waals surface area (Å²) in [6.45, 7) is 13.6. The van der Waals surface area contributed by atoms with Crippen molar-refractivity contribution in [1.29, 1.82) is 0 Å². The van der Waals surface area contributed by atoms with Crippen molar-refractivity contribution in [2.24, 2.45) is 0 Å². The van der Waals surface area contributed by atoms with Gasteiger partial charge < -0.3 is 0 Å². The van der Waals surface area contributed by atoms with Crippen LogP contribution in [0.15, 0.2) is 84.9 Å². The van der Waals surface area contributed by atoms with E-state index >= 15 is 0 Å². The van der Waals surface area contributed by atoms with E-state index in [9.17, 15) is 0 Å². The van der Waals surface area contributed by atoms with Gasteiger partial charge in [-0.1, -0.05) is 99.6 Å². The molecule has 0 heterocycles. The maximum absolute atomic E-state index is 2.41. The second-order valence-corrected chi connectivity index (χ2v) is 9.68. The van der Waals surface area contributed by atoms with Gasteiger partial charge in [0.15, 0.2) is 0 Å². The molecule has 0 atom stereocenters. The van der Waals surface area contributed by atoms with E-state index in [1.807, 2.05) is 0 Å². The average Bonchev–Trinajstić information content (AvgIpc) is 2.73. The predicted molar refractivity (Wildman–Crippen MR) is 136 cm³/mol. The molecule has 0 saturated carbocycles. The van der Waals surface area contributed by atoms with Gasteiger partial charge in [0.25, 0.3) is 0 Å². The molecule has 0 fully saturated rings. The first-order chi connectivity index (χ1) is 14.8. The molecule has 0 aliphatic carbocycles. The summed E-state index contributed by atoms with van der Waals surface area (Å²) < 4.78 is 0. The van der Waals surface area contributed by atoms with Gasteiger partial charge in [0, 0.05) is 0 Å². The van der Waals surface area contributed by atoms with E-state index < -0.39 is 0 Å². The first kappa shape index (κ1) is 21.1. The van der Waals surface area contributed by atoms with Crippen molar-refractivity contribution in [3.05, 3.63) is 107 Å². The van der Waals surface area contributed by atoms with Gasteiger partial charge in [0.1, 0.15) is 0 Å². The van der Waals surface area contributed by atoms with Crippen molar-refractivity contribution in [2.45, 2.75) is 47.0 Å². The Morgan fingerprint density at radius 3 is 1.29 bits per heavy atom. The van der Waals surface area contributed by atoms with Gasteiger partial charge in [0.05, 0.1) is 0 Å². The Labute approximate surface area is 187 Å². The summed E-state index contributed by atoms with van der Waals surface area (Å²) in [5.41, 5.74) is 13.3. The molecule has 0 heteroatoms. The highest BCUT2D eigenvalue weighted by Gasteiger charge is 2.22. The lowest BCUT2D eigenvalue weighted by Crippen LogP contribution is -2.14. The molecule has 0 aliphatic rings. The minimum absolute atomic E-state index is 0.0556. The van der Waals surface area contributed by atoms with Crippen LogP contribution in [0.25, 0.3) is 33.4 Å². The third-order valence-electron chi connectivity index (χ3n) is 6.13. The molecule has 0 bridgehead atoms. The van der Waals surface area contributed by atoms with Crippen LogP contribution in [0.5, 0.6) is 0 Å². The van der Waals surface area contributed by atoms with Crippen molar-refractivity contribution in [1.82, 2.24) is 0 Å². The zero-order valence-corrected chi connectivity index (χ0v) is 19.6. The maximum atomic E-state index is 2.41. The van der Waals surface area contributed by atoms with Gasteiger partial charge in [-0.05, 0) is 87.9 Å². The lowest BCUT2D eigenvalue weighted by molar-refractivity contribution is 0.592. The molecule has 0 amide bonds. The van der Waals surface area contributed by atoms with Crippen LogP contribution < -0.4 is 0 Å². The largest absolute Gasteiger partial charge is 0.0622 e. The standard InChI is InChI=1S/C31H32/c1-21-17-26(18-22(2)29(21)24-13-9-7-10-14-24)27-19-23(3)30(25-15-11-8-12-16-25)28(20-27)31(4,5)6/h7-20H,1-6H3. The molecule has 4 rings (SSSR count). The van der Waals surface area contributed by atoms with Crippen molar-refractivity contribution >= 4 is 0 Å². The van der Waals surface area contributed by atoms with E-state index in [2.05, 4.69) is 126 Å². The van der Waals surface area contributed by atoms with Crippen molar-refractivity contribution in [3.63, 3.8) is 0 Å². The Morgan fingerprint density at radius 2 is 0.839 bits per heavy atom. The van der Waals surface area contributed by atoms with E-state index in [0.717, 1.165) is 0 Å². The number of hydrogen-bond donors (Lipinski definition) is 0. The molecule has 156 valence electrons. The molecule has 0 saturated heterocycles. The molecule has 0 aliphatic heterocycles. The Morgan fingerprint density at radius 1 is 0.452 bits per heavy atom. The highest BCUT2D eigenvalue weighted by Crippen LogP contribution is 2.40. The second-order valence-electron chi connectivity index (χ2n) is 9.68. The fourth-order valence-electron chi connectivity index (χ4n) is 4.72. The normalized spacial score (nSPS) is 11.5. The maximum Gasteiger partial charge on any atom is -0.0117 e. The Balaban J connectivity index is 1.89. The minimum atomic E-state index is 0.0556. The van der Waals surface area contributed by atoms with E-state index in [1.54, 1.807) is 0 Å². The predicted octanol–water partition coefficient (Wildman–Crippen LogP) is 8.91. The summed E-state index contributed by atoms with van der Waals surface area (Å²) in [5, 5.41) is 0. The molecule has 0 unspecified atom stereocenters. The van der Waals surface area contributed by atoms with Gasteiger partial charge in [-0.25, -0.2) is 0 Å². The Bertz CT molecular complexity index is 1180. The highest BCUT2D eigenvalue weighted by molar-refractivity contribution is 5.81. The van der Waals surface area contributed by atoms with E-state index in [1.165, 1.54) is 55.6 Å². The van der Waals surface area contributed by atoms with Gasteiger partial charge in [-0.15, -0.1) is 0 Å². The number of hydrogen-bond acceptors (Lipinski definition) is 0. The van der Waals surface area contributed by atoms with Gasteiger partial charge >= 0.3 is 0 Å². The molecule has 0 N–H and O–H groups in total. The van der Waals surface area contributed by atoms with Crippen LogP contribution in [0.4, 0.5) is 0 Å². The lowest BCUT2D eigenvalue weighted by Gasteiger charge is -2.26. The van der Waals surface area contributed by atoms with Gasteiger partial charge in [-0.2, -0.15) is 0 Å². The van der Waals surface area contributed by atoms with E-state index in [0.29, 0.717) is 0 Å². The first-order valence-electron chi connectivity index (χ1n) is 11.1. The molecule has 0 radical (unpaired) electrons. The van der Waals surface area contributed by atoms with Crippen LogP contribution in [0.1, 0.15) is 43.0 Å². The molecular weight excluding hydrogens is 372 g/mol. The molecular formula is C31H32. The number of rotatable bonds is 3.